The van der Waals surface area contributed by atoms with Crippen LogP contribution in [0.5, 0.6) is 0 Å². The summed E-state index contributed by atoms with van der Waals surface area (Å²) >= 11 is 11.8. The van der Waals surface area contributed by atoms with Crippen molar-refractivity contribution in [2.24, 2.45) is 10.8 Å². The molecule has 0 aliphatic heterocycles. The van der Waals surface area contributed by atoms with Gasteiger partial charge in [-0.25, -0.2) is 10.8 Å². The van der Waals surface area contributed by atoms with Gasteiger partial charge in [-0.3, -0.25) is 5.43 Å². The van der Waals surface area contributed by atoms with Gasteiger partial charge in [-0.1, -0.05) is 23.2 Å². The van der Waals surface area contributed by atoms with Gasteiger partial charge in [-0.05, 0) is 32.0 Å². The Kier molecular flexibility index (Phi) is 4.86. The normalized spacial score (nSPS) is 11.8. The minimum absolute atomic E-state index is 0.122. The van der Waals surface area contributed by atoms with Gasteiger partial charge in [0.1, 0.15) is 0 Å². The molecule has 0 atom stereocenters. The molecule has 0 saturated heterocycles. The number of halogens is 2. The Morgan fingerprint density at radius 1 is 1.38 bits per heavy atom. The van der Waals surface area contributed by atoms with E-state index in [2.05, 4.69) is 15.7 Å². The first-order valence-electron chi connectivity index (χ1n) is 4.79. The topological polar surface area (TPSA) is 62.4 Å². The Labute approximate surface area is 105 Å². The standard InChI is InChI=1S/C10H14Cl2N4/c1-6(2)14-10(16-13)15-9-5-7(11)3-4-8(9)12/h3-6H,13H2,1-2H3,(H2,14,15,16). The minimum atomic E-state index is 0.122. The molecule has 88 valence electrons. The number of guanidine groups is 1. The zero-order valence-corrected chi connectivity index (χ0v) is 10.6. The van der Waals surface area contributed by atoms with Crippen molar-refractivity contribution in [3.8, 4) is 0 Å². The molecule has 6 heteroatoms. The Morgan fingerprint density at radius 2 is 2.06 bits per heavy atom. The summed E-state index contributed by atoms with van der Waals surface area (Å²) in [5.74, 6) is 5.78. The van der Waals surface area contributed by atoms with Gasteiger partial charge in [-0.2, -0.15) is 0 Å². The number of aliphatic imine (C=N–C) groups is 1. The van der Waals surface area contributed by atoms with Crippen LogP contribution in [-0.4, -0.2) is 12.0 Å². The Balaban J connectivity index is 2.90. The Bertz CT molecular complexity index is 390. The second-order valence-corrected chi connectivity index (χ2v) is 4.31. The van der Waals surface area contributed by atoms with Crippen molar-refractivity contribution in [1.29, 1.82) is 0 Å². The lowest BCUT2D eigenvalue weighted by Crippen LogP contribution is -2.37. The predicted octanol–water partition coefficient (Wildman–Crippen LogP) is 2.63. The lowest BCUT2D eigenvalue weighted by molar-refractivity contribution is 0.819. The maximum absolute atomic E-state index is 5.99. The summed E-state index contributed by atoms with van der Waals surface area (Å²) < 4.78 is 0. The molecule has 0 amide bonds. The van der Waals surface area contributed by atoms with Crippen LogP contribution in [0.1, 0.15) is 13.8 Å². The van der Waals surface area contributed by atoms with E-state index in [-0.39, 0.29) is 6.04 Å². The van der Waals surface area contributed by atoms with Crippen molar-refractivity contribution >= 4 is 34.8 Å². The molecule has 0 radical (unpaired) electrons. The fourth-order valence-corrected chi connectivity index (χ4v) is 1.42. The van der Waals surface area contributed by atoms with Gasteiger partial charge in [-0.15, -0.1) is 0 Å². The number of benzene rings is 1. The maximum Gasteiger partial charge on any atom is 0.210 e. The van der Waals surface area contributed by atoms with E-state index in [4.69, 9.17) is 29.0 Å². The van der Waals surface area contributed by atoms with Crippen molar-refractivity contribution in [3.05, 3.63) is 28.2 Å². The van der Waals surface area contributed by atoms with Crippen LogP contribution in [0.2, 0.25) is 10.0 Å². The lowest BCUT2D eigenvalue weighted by atomic mass is 10.3. The van der Waals surface area contributed by atoms with E-state index in [1.165, 1.54) is 0 Å². The van der Waals surface area contributed by atoms with E-state index in [1.807, 2.05) is 13.8 Å². The highest BCUT2D eigenvalue weighted by molar-refractivity contribution is 6.35. The van der Waals surface area contributed by atoms with Gasteiger partial charge < -0.3 is 5.32 Å². The van der Waals surface area contributed by atoms with Gasteiger partial charge in [0.2, 0.25) is 5.96 Å². The van der Waals surface area contributed by atoms with E-state index >= 15 is 0 Å². The van der Waals surface area contributed by atoms with Crippen LogP contribution >= 0.6 is 23.2 Å². The number of hydrogen-bond donors (Lipinski definition) is 3. The molecule has 0 aromatic heterocycles. The largest absolute Gasteiger partial charge is 0.324 e. The molecular weight excluding hydrogens is 247 g/mol. The molecule has 1 rings (SSSR count). The second kappa shape index (κ2) is 5.94. The molecule has 1 aromatic rings. The number of anilines is 1. The maximum atomic E-state index is 5.99. The Morgan fingerprint density at radius 3 is 2.62 bits per heavy atom. The van der Waals surface area contributed by atoms with Crippen LogP contribution in [0.4, 0.5) is 5.69 Å². The molecule has 0 spiro atoms. The fourth-order valence-electron chi connectivity index (χ4n) is 1.08. The molecule has 0 aliphatic rings. The van der Waals surface area contributed by atoms with E-state index in [0.29, 0.717) is 21.7 Å². The number of rotatable bonds is 2. The first-order valence-corrected chi connectivity index (χ1v) is 5.55. The zero-order valence-electron chi connectivity index (χ0n) is 9.09. The van der Waals surface area contributed by atoms with Crippen LogP contribution < -0.4 is 16.6 Å². The van der Waals surface area contributed by atoms with Gasteiger partial charge in [0.15, 0.2) is 0 Å². The molecule has 0 saturated carbocycles. The molecule has 0 unspecified atom stereocenters. The summed E-state index contributed by atoms with van der Waals surface area (Å²) in [6, 6.07) is 5.24. The average Bonchev–Trinajstić information content (AvgIpc) is 2.21. The number of hydrogen-bond acceptors (Lipinski definition) is 2. The molecule has 0 aliphatic carbocycles. The van der Waals surface area contributed by atoms with Crippen LogP contribution in [0.3, 0.4) is 0 Å². The van der Waals surface area contributed by atoms with Crippen molar-refractivity contribution in [2.75, 3.05) is 5.32 Å². The van der Waals surface area contributed by atoms with E-state index < -0.39 is 0 Å². The highest BCUT2D eigenvalue weighted by Gasteiger charge is 2.04. The highest BCUT2D eigenvalue weighted by Crippen LogP contribution is 2.25. The van der Waals surface area contributed by atoms with Crippen molar-refractivity contribution in [2.45, 2.75) is 19.9 Å². The SMILES string of the molecule is CC(C)N=C(NN)Nc1cc(Cl)ccc1Cl. The highest BCUT2D eigenvalue weighted by atomic mass is 35.5. The van der Waals surface area contributed by atoms with Gasteiger partial charge in [0.05, 0.1) is 10.7 Å². The average molecular weight is 261 g/mol. The smallest absolute Gasteiger partial charge is 0.210 e. The van der Waals surface area contributed by atoms with Gasteiger partial charge in [0.25, 0.3) is 0 Å². The fraction of sp³-hybridized carbons (Fsp3) is 0.300. The Hall–Kier alpha value is -0.970. The first kappa shape index (κ1) is 13.1. The third-order valence-electron chi connectivity index (χ3n) is 1.71. The molecule has 4 N–H and O–H groups in total. The molecule has 4 nitrogen and oxygen atoms in total. The second-order valence-electron chi connectivity index (χ2n) is 3.46. The molecular formula is C10H14Cl2N4. The molecule has 0 heterocycles. The van der Waals surface area contributed by atoms with Crippen molar-refractivity contribution in [3.63, 3.8) is 0 Å². The minimum Gasteiger partial charge on any atom is -0.324 e. The summed E-state index contributed by atoms with van der Waals surface area (Å²) in [4.78, 5) is 4.23. The van der Waals surface area contributed by atoms with Crippen molar-refractivity contribution in [1.82, 2.24) is 5.43 Å². The van der Waals surface area contributed by atoms with E-state index in [0.717, 1.165) is 0 Å². The summed E-state index contributed by atoms with van der Waals surface area (Å²) in [6.07, 6.45) is 0. The van der Waals surface area contributed by atoms with E-state index in [1.54, 1.807) is 18.2 Å². The van der Waals surface area contributed by atoms with E-state index in [9.17, 15) is 0 Å². The molecule has 0 fully saturated rings. The molecule has 1 aromatic carbocycles. The molecule has 0 bridgehead atoms. The number of hydrazine groups is 1. The number of nitrogens with two attached hydrogens (primary N) is 1. The summed E-state index contributed by atoms with van der Waals surface area (Å²) in [6.45, 7) is 3.89. The third kappa shape index (κ3) is 3.89. The third-order valence-corrected chi connectivity index (χ3v) is 2.27. The quantitative estimate of drug-likeness (QED) is 0.332. The lowest BCUT2D eigenvalue weighted by Gasteiger charge is -2.11. The number of nitrogens with zero attached hydrogens (tertiary/aromatic N) is 1. The van der Waals surface area contributed by atoms with Gasteiger partial charge >= 0.3 is 0 Å². The molecule has 16 heavy (non-hydrogen) atoms. The van der Waals surface area contributed by atoms with Gasteiger partial charge in [0, 0.05) is 11.1 Å². The summed E-state index contributed by atoms with van der Waals surface area (Å²) in [7, 11) is 0. The monoisotopic (exact) mass is 260 g/mol. The van der Waals surface area contributed by atoms with Crippen LogP contribution in [0, 0.1) is 0 Å². The first-order chi connectivity index (χ1) is 7.52. The van der Waals surface area contributed by atoms with Crippen molar-refractivity contribution < 1.29 is 0 Å². The zero-order chi connectivity index (χ0) is 12.1. The number of nitrogens with one attached hydrogen (secondary N) is 2. The summed E-state index contributed by atoms with van der Waals surface area (Å²) in [5, 5.41) is 4.11. The van der Waals surface area contributed by atoms with Crippen LogP contribution in [-0.2, 0) is 0 Å². The predicted molar refractivity (Wildman–Crippen MR) is 70.0 cm³/mol. The summed E-state index contributed by atoms with van der Waals surface area (Å²) in [5.41, 5.74) is 3.12. The van der Waals surface area contributed by atoms with Crippen LogP contribution in [0.25, 0.3) is 0 Å². The van der Waals surface area contributed by atoms with Crippen LogP contribution in [0.15, 0.2) is 23.2 Å².